The van der Waals surface area contributed by atoms with E-state index >= 15 is 0 Å². The molecule has 1 aliphatic rings. The Morgan fingerprint density at radius 1 is 1.04 bits per heavy atom. The molecule has 1 amide bonds. The molecule has 1 heterocycles. The quantitative estimate of drug-likeness (QED) is 0.863. The summed E-state index contributed by atoms with van der Waals surface area (Å²) in [5.74, 6) is 0.309. The van der Waals surface area contributed by atoms with Gasteiger partial charge in [0.05, 0.1) is 12.1 Å². The van der Waals surface area contributed by atoms with Gasteiger partial charge in [0.1, 0.15) is 11.5 Å². The normalized spacial score (nSPS) is 13.1. The molecule has 4 nitrogen and oxygen atoms in total. The van der Waals surface area contributed by atoms with Crippen molar-refractivity contribution in [2.75, 3.05) is 19.6 Å². The molecular weight excluding hydrogens is 326 g/mol. The van der Waals surface area contributed by atoms with Crippen molar-refractivity contribution in [2.24, 2.45) is 0 Å². The molecule has 1 aliphatic heterocycles. The minimum absolute atomic E-state index is 0.219. The molecular formula is C19H22F2N2O2. The van der Waals surface area contributed by atoms with Crippen LogP contribution in [0.25, 0.3) is 0 Å². The Bertz CT molecular complexity index is 639. The van der Waals surface area contributed by atoms with Crippen LogP contribution in [-0.2, 0) is 0 Å². The molecule has 3 rings (SSSR count). The lowest BCUT2D eigenvalue weighted by molar-refractivity contribution is 0.0889. The van der Waals surface area contributed by atoms with E-state index in [-0.39, 0.29) is 5.56 Å². The lowest BCUT2D eigenvalue weighted by atomic mass is 10.2. The van der Waals surface area contributed by atoms with E-state index in [0.29, 0.717) is 11.5 Å². The van der Waals surface area contributed by atoms with Crippen molar-refractivity contribution in [3.05, 3.63) is 60.2 Å². The molecule has 0 radical (unpaired) electrons. The minimum atomic E-state index is -2.58. The molecule has 0 spiro atoms. The number of amides is 1. The molecule has 0 saturated carbocycles. The third kappa shape index (κ3) is 6.89. The Morgan fingerprint density at radius 3 is 2.28 bits per heavy atom. The van der Waals surface area contributed by atoms with Crippen LogP contribution in [-0.4, -0.2) is 32.0 Å². The molecule has 25 heavy (non-hydrogen) atoms. The Balaban J connectivity index is 0.000000386. The second-order valence-electron chi connectivity index (χ2n) is 5.47. The van der Waals surface area contributed by atoms with Gasteiger partial charge in [0.2, 0.25) is 0 Å². The van der Waals surface area contributed by atoms with Gasteiger partial charge in [-0.1, -0.05) is 30.3 Å². The smallest absolute Gasteiger partial charge is 0.255 e. The van der Waals surface area contributed by atoms with Gasteiger partial charge in [-0.15, -0.1) is 0 Å². The second-order valence-corrected chi connectivity index (χ2v) is 5.47. The van der Waals surface area contributed by atoms with Crippen LogP contribution in [0.2, 0.25) is 0 Å². The highest BCUT2D eigenvalue weighted by Crippen LogP contribution is 2.24. The van der Waals surface area contributed by atoms with Gasteiger partial charge in [-0.3, -0.25) is 4.79 Å². The number of benzene rings is 2. The average molecular weight is 348 g/mol. The summed E-state index contributed by atoms with van der Waals surface area (Å²) >= 11 is 0. The van der Waals surface area contributed by atoms with Gasteiger partial charge in [-0.05, 0) is 50.2 Å². The first-order valence-electron chi connectivity index (χ1n) is 8.26. The van der Waals surface area contributed by atoms with Crippen LogP contribution in [0.1, 0.15) is 23.2 Å². The van der Waals surface area contributed by atoms with Gasteiger partial charge in [0.15, 0.2) is 0 Å². The number of carbonyl (C=O) groups excluding carboxylic acids is 1. The molecule has 0 aromatic heterocycles. The maximum absolute atomic E-state index is 12.1. The topological polar surface area (TPSA) is 50.4 Å². The van der Waals surface area contributed by atoms with E-state index in [1.807, 2.05) is 6.07 Å². The highest BCUT2D eigenvalue weighted by molar-refractivity contribution is 5.97. The molecule has 2 N–H and O–H groups in total. The fraction of sp³-hybridized carbons (Fsp3) is 0.316. The summed E-state index contributed by atoms with van der Waals surface area (Å²) in [4.78, 5) is 11.8. The number of halogens is 2. The first kappa shape index (κ1) is 18.9. The standard InChI is InChI=1S/C15H13F2NO2.C4H9N/c16-14(17)10-18-15(19)12-8-4-5-9-13(12)20-11-6-2-1-3-7-11;1-2-4-5-3-1/h1-9,14H,10H2,(H,18,19);5H,1-4H2. The van der Waals surface area contributed by atoms with Crippen LogP contribution >= 0.6 is 0 Å². The highest BCUT2D eigenvalue weighted by atomic mass is 19.3. The molecule has 6 heteroatoms. The summed E-state index contributed by atoms with van der Waals surface area (Å²) in [6.45, 7) is 1.82. The molecule has 0 bridgehead atoms. The van der Waals surface area contributed by atoms with Crippen LogP contribution < -0.4 is 15.4 Å². The fourth-order valence-electron chi connectivity index (χ4n) is 2.25. The zero-order valence-corrected chi connectivity index (χ0v) is 13.9. The van der Waals surface area contributed by atoms with E-state index in [9.17, 15) is 13.6 Å². The van der Waals surface area contributed by atoms with Gasteiger partial charge in [-0.25, -0.2) is 8.78 Å². The summed E-state index contributed by atoms with van der Waals surface area (Å²) in [5, 5.41) is 5.38. The Labute approximate surface area is 146 Å². The number of ether oxygens (including phenoxy) is 1. The zero-order valence-electron chi connectivity index (χ0n) is 13.9. The third-order valence-corrected chi connectivity index (χ3v) is 3.48. The van der Waals surface area contributed by atoms with Crippen LogP contribution in [0.15, 0.2) is 54.6 Å². The van der Waals surface area contributed by atoms with E-state index in [4.69, 9.17) is 4.74 Å². The Hall–Kier alpha value is -2.47. The predicted octanol–water partition coefficient (Wildman–Crippen LogP) is 3.84. The molecule has 1 fully saturated rings. The number of hydrogen-bond donors (Lipinski definition) is 2. The summed E-state index contributed by atoms with van der Waals surface area (Å²) in [5.41, 5.74) is 0.219. The van der Waals surface area contributed by atoms with Crippen molar-refractivity contribution >= 4 is 5.91 Å². The summed E-state index contributed by atoms with van der Waals surface area (Å²) in [7, 11) is 0. The van der Waals surface area contributed by atoms with Crippen LogP contribution in [0.5, 0.6) is 11.5 Å². The van der Waals surface area contributed by atoms with E-state index in [2.05, 4.69) is 10.6 Å². The Kier molecular flexibility index (Phi) is 7.85. The van der Waals surface area contributed by atoms with Gasteiger partial charge in [0, 0.05) is 0 Å². The SMILES string of the molecule is C1CCNC1.O=C(NCC(F)F)c1ccccc1Oc1ccccc1. The third-order valence-electron chi connectivity index (χ3n) is 3.48. The van der Waals surface area contributed by atoms with E-state index in [1.165, 1.54) is 32.0 Å². The van der Waals surface area contributed by atoms with Crippen LogP contribution in [0.3, 0.4) is 0 Å². The van der Waals surface area contributed by atoms with E-state index in [1.54, 1.807) is 42.5 Å². The van der Waals surface area contributed by atoms with Crippen LogP contribution in [0.4, 0.5) is 8.78 Å². The van der Waals surface area contributed by atoms with Crippen molar-refractivity contribution < 1.29 is 18.3 Å². The summed E-state index contributed by atoms with van der Waals surface area (Å²) in [6.07, 6.45) is 0.196. The zero-order chi connectivity index (χ0) is 17.9. The fourth-order valence-corrected chi connectivity index (χ4v) is 2.25. The number of rotatable bonds is 5. The number of alkyl halides is 2. The molecule has 0 atom stereocenters. The van der Waals surface area contributed by atoms with Gasteiger partial charge in [0.25, 0.3) is 12.3 Å². The Morgan fingerprint density at radius 2 is 1.68 bits per heavy atom. The lowest BCUT2D eigenvalue weighted by Gasteiger charge is -2.11. The number of hydrogen-bond acceptors (Lipinski definition) is 3. The van der Waals surface area contributed by atoms with Gasteiger partial charge >= 0.3 is 0 Å². The van der Waals surface area contributed by atoms with Crippen molar-refractivity contribution in [1.29, 1.82) is 0 Å². The molecule has 2 aromatic carbocycles. The van der Waals surface area contributed by atoms with E-state index in [0.717, 1.165) is 0 Å². The van der Waals surface area contributed by atoms with Crippen molar-refractivity contribution in [2.45, 2.75) is 19.3 Å². The largest absolute Gasteiger partial charge is 0.457 e. The summed E-state index contributed by atoms with van der Waals surface area (Å²) < 4.78 is 29.8. The maximum Gasteiger partial charge on any atom is 0.255 e. The van der Waals surface area contributed by atoms with Crippen molar-refractivity contribution in [1.82, 2.24) is 10.6 Å². The van der Waals surface area contributed by atoms with E-state index < -0.39 is 18.9 Å². The lowest BCUT2D eigenvalue weighted by Crippen LogP contribution is -2.28. The van der Waals surface area contributed by atoms with Gasteiger partial charge < -0.3 is 15.4 Å². The predicted molar refractivity (Wildman–Crippen MR) is 93.4 cm³/mol. The number of para-hydroxylation sites is 2. The monoisotopic (exact) mass is 348 g/mol. The van der Waals surface area contributed by atoms with Gasteiger partial charge in [-0.2, -0.15) is 0 Å². The first-order valence-corrected chi connectivity index (χ1v) is 8.26. The maximum atomic E-state index is 12.1. The van der Waals surface area contributed by atoms with Crippen LogP contribution in [0, 0.1) is 0 Å². The minimum Gasteiger partial charge on any atom is -0.457 e. The molecule has 0 aliphatic carbocycles. The molecule has 1 saturated heterocycles. The summed E-state index contributed by atoms with van der Waals surface area (Å²) in [6, 6.07) is 15.4. The molecule has 2 aromatic rings. The van der Waals surface area contributed by atoms with Crippen molar-refractivity contribution in [3.8, 4) is 11.5 Å². The highest BCUT2D eigenvalue weighted by Gasteiger charge is 2.14. The molecule has 134 valence electrons. The molecule has 0 unspecified atom stereocenters. The second kappa shape index (κ2) is 10.4. The average Bonchev–Trinajstić information content (AvgIpc) is 3.21. The number of carbonyl (C=O) groups is 1. The number of nitrogens with one attached hydrogen (secondary N) is 2. The van der Waals surface area contributed by atoms with Crippen molar-refractivity contribution in [3.63, 3.8) is 0 Å². The first-order chi connectivity index (χ1) is 12.2.